The summed E-state index contributed by atoms with van der Waals surface area (Å²) in [6.07, 6.45) is 4.36. The van der Waals surface area contributed by atoms with Gasteiger partial charge in [0.1, 0.15) is 0 Å². The second-order valence-corrected chi connectivity index (χ2v) is 5.73. The van der Waals surface area contributed by atoms with E-state index in [-0.39, 0.29) is 11.9 Å². The molecule has 0 spiro atoms. The van der Waals surface area contributed by atoms with E-state index in [4.69, 9.17) is 5.73 Å². The molecule has 0 bridgehead atoms. The molecule has 1 amide bonds. The average Bonchev–Trinajstić information content (AvgIpc) is 2.71. The lowest BCUT2D eigenvalue weighted by Gasteiger charge is -2.28. The molecule has 0 radical (unpaired) electrons. The summed E-state index contributed by atoms with van der Waals surface area (Å²) in [5, 5.41) is 5.37. The first-order valence-electron chi connectivity index (χ1n) is 7.65. The first-order chi connectivity index (χ1) is 10.2. The van der Waals surface area contributed by atoms with E-state index in [9.17, 15) is 4.79 Å². The maximum absolute atomic E-state index is 12.9. The van der Waals surface area contributed by atoms with Crippen LogP contribution in [-0.2, 0) is 7.05 Å². The van der Waals surface area contributed by atoms with Crippen molar-refractivity contribution in [1.82, 2.24) is 14.7 Å². The summed E-state index contributed by atoms with van der Waals surface area (Å²) >= 11 is 0. The standard InChI is InChI=1S/C16H22N4O/c1-19-14-9-5-4-8-13(14)15(18-19)16(21)20-10-6-2-3-7-12(20)11-17/h4-5,8-9,12H,2-3,6-7,10-11,17H2,1H3. The zero-order valence-corrected chi connectivity index (χ0v) is 12.5. The molecule has 1 aliphatic rings. The Hall–Kier alpha value is -1.88. The lowest BCUT2D eigenvalue weighted by Crippen LogP contribution is -2.44. The predicted molar refractivity (Wildman–Crippen MR) is 83.1 cm³/mol. The highest BCUT2D eigenvalue weighted by molar-refractivity contribution is 6.05. The number of nitrogens with two attached hydrogens (primary N) is 1. The van der Waals surface area contributed by atoms with Crippen LogP contribution in [-0.4, -0.2) is 39.7 Å². The van der Waals surface area contributed by atoms with E-state index in [0.29, 0.717) is 12.2 Å². The van der Waals surface area contributed by atoms with Gasteiger partial charge in [-0.2, -0.15) is 5.10 Å². The molecule has 0 saturated carbocycles. The third-order valence-corrected chi connectivity index (χ3v) is 4.37. The van der Waals surface area contributed by atoms with Crippen molar-refractivity contribution < 1.29 is 4.79 Å². The number of hydrogen-bond acceptors (Lipinski definition) is 3. The van der Waals surface area contributed by atoms with Gasteiger partial charge in [-0.25, -0.2) is 0 Å². The number of para-hydroxylation sites is 1. The van der Waals surface area contributed by atoms with E-state index in [2.05, 4.69) is 5.10 Å². The maximum Gasteiger partial charge on any atom is 0.275 e. The van der Waals surface area contributed by atoms with Gasteiger partial charge < -0.3 is 10.6 Å². The molecule has 2 heterocycles. The summed E-state index contributed by atoms with van der Waals surface area (Å²) in [6, 6.07) is 8.00. The number of carbonyl (C=O) groups is 1. The summed E-state index contributed by atoms with van der Waals surface area (Å²) in [5.41, 5.74) is 7.41. The van der Waals surface area contributed by atoms with Crippen LogP contribution in [0.4, 0.5) is 0 Å². The molecular formula is C16H22N4O. The van der Waals surface area contributed by atoms with E-state index in [1.54, 1.807) is 4.68 Å². The van der Waals surface area contributed by atoms with Gasteiger partial charge in [-0.1, -0.05) is 31.0 Å². The van der Waals surface area contributed by atoms with Gasteiger partial charge >= 0.3 is 0 Å². The SMILES string of the molecule is Cn1nc(C(=O)N2CCCCCC2CN)c2ccccc21. The summed E-state index contributed by atoms with van der Waals surface area (Å²) < 4.78 is 1.78. The number of likely N-dealkylation sites (tertiary alicyclic amines) is 1. The average molecular weight is 286 g/mol. The number of fused-ring (bicyclic) bond motifs is 1. The molecule has 5 heteroatoms. The van der Waals surface area contributed by atoms with Gasteiger partial charge in [-0.15, -0.1) is 0 Å². The Balaban J connectivity index is 1.99. The normalized spacial score (nSPS) is 19.7. The fraction of sp³-hybridized carbons (Fsp3) is 0.500. The number of nitrogens with zero attached hydrogens (tertiary/aromatic N) is 3. The summed E-state index contributed by atoms with van der Waals surface area (Å²) in [5.74, 6) is 0.0177. The number of aryl methyl sites for hydroxylation is 1. The summed E-state index contributed by atoms with van der Waals surface area (Å²) in [7, 11) is 1.88. The van der Waals surface area contributed by atoms with Crippen LogP contribution in [0.1, 0.15) is 36.2 Å². The lowest BCUT2D eigenvalue weighted by atomic mass is 10.1. The van der Waals surface area contributed by atoms with Crippen LogP contribution in [0.2, 0.25) is 0 Å². The highest BCUT2D eigenvalue weighted by Gasteiger charge is 2.28. The van der Waals surface area contributed by atoms with E-state index >= 15 is 0 Å². The molecular weight excluding hydrogens is 264 g/mol. The van der Waals surface area contributed by atoms with Gasteiger partial charge in [0, 0.05) is 31.6 Å². The number of aromatic nitrogens is 2. The second-order valence-electron chi connectivity index (χ2n) is 5.73. The van der Waals surface area contributed by atoms with Crippen LogP contribution in [0.3, 0.4) is 0 Å². The van der Waals surface area contributed by atoms with Gasteiger partial charge in [-0.3, -0.25) is 9.48 Å². The second kappa shape index (κ2) is 5.85. The van der Waals surface area contributed by atoms with Crippen molar-refractivity contribution >= 4 is 16.8 Å². The third-order valence-electron chi connectivity index (χ3n) is 4.37. The summed E-state index contributed by atoms with van der Waals surface area (Å²) in [6.45, 7) is 1.31. The van der Waals surface area contributed by atoms with Crippen LogP contribution in [0.5, 0.6) is 0 Å². The van der Waals surface area contributed by atoms with Crippen molar-refractivity contribution in [3.05, 3.63) is 30.0 Å². The third kappa shape index (κ3) is 2.53. The van der Waals surface area contributed by atoms with Gasteiger partial charge in [0.2, 0.25) is 0 Å². The predicted octanol–water partition coefficient (Wildman–Crippen LogP) is 1.92. The van der Waals surface area contributed by atoms with Crippen LogP contribution in [0.15, 0.2) is 24.3 Å². The Morgan fingerprint density at radius 1 is 1.33 bits per heavy atom. The van der Waals surface area contributed by atoms with E-state index in [1.165, 1.54) is 6.42 Å². The quantitative estimate of drug-likeness (QED) is 0.917. The molecule has 1 aromatic heterocycles. The zero-order valence-electron chi connectivity index (χ0n) is 12.5. The topological polar surface area (TPSA) is 64.2 Å². The number of rotatable bonds is 2. The molecule has 2 aromatic rings. The van der Waals surface area contributed by atoms with Crippen molar-refractivity contribution in [3.63, 3.8) is 0 Å². The zero-order chi connectivity index (χ0) is 14.8. The van der Waals surface area contributed by atoms with Crippen LogP contribution in [0.25, 0.3) is 10.9 Å². The number of carbonyl (C=O) groups excluding carboxylic acids is 1. The number of benzene rings is 1. The van der Waals surface area contributed by atoms with Crippen molar-refractivity contribution in [2.75, 3.05) is 13.1 Å². The molecule has 21 heavy (non-hydrogen) atoms. The number of hydrogen-bond donors (Lipinski definition) is 1. The van der Waals surface area contributed by atoms with Crippen LogP contribution >= 0.6 is 0 Å². The molecule has 2 N–H and O–H groups in total. The monoisotopic (exact) mass is 286 g/mol. The highest BCUT2D eigenvalue weighted by atomic mass is 16.2. The Kier molecular flexibility index (Phi) is 3.92. The number of amides is 1. The van der Waals surface area contributed by atoms with E-state index < -0.39 is 0 Å². The van der Waals surface area contributed by atoms with Gasteiger partial charge in [0.15, 0.2) is 5.69 Å². The molecule has 0 aliphatic carbocycles. The lowest BCUT2D eigenvalue weighted by molar-refractivity contribution is 0.0684. The largest absolute Gasteiger partial charge is 0.333 e. The first kappa shape index (κ1) is 14.1. The molecule has 3 rings (SSSR count). The van der Waals surface area contributed by atoms with Crippen molar-refractivity contribution in [1.29, 1.82) is 0 Å². The first-order valence-corrected chi connectivity index (χ1v) is 7.65. The smallest absolute Gasteiger partial charge is 0.275 e. The Labute approximate surface area is 124 Å². The minimum atomic E-state index is 0.0177. The molecule has 112 valence electrons. The van der Waals surface area contributed by atoms with Crippen molar-refractivity contribution in [3.8, 4) is 0 Å². The Morgan fingerprint density at radius 2 is 2.14 bits per heavy atom. The minimum absolute atomic E-state index is 0.0177. The van der Waals surface area contributed by atoms with Crippen molar-refractivity contribution in [2.24, 2.45) is 12.8 Å². The van der Waals surface area contributed by atoms with Crippen LogP contribution < -0.4 is 5.73 Å². The van der Waals surface area contributed by atoms with Gasteiger partial charge in [-0.05, 0) is 18.9 Å². The summed E-state index contributed by atoms with van der Waals surface area (Å²) in [4.78, 5) is 14.9. The molecule has 1 fully saturated rings. The molecule has 5 nitrogen and oxygen atoms in total. The van der Waals surface area contributed by atoms with Crippen LogP contribution in [0, 0.1) is 0 Å². The maximum atomic E-state index is 12.9. The Morgan fingerprint density at radius 3 is 2.95 bits per heavy atom. The molecule has 1 aromatic carbocycles. The van der Waals surface area contributed by atoms with Crippen molar-refractivity contribution in [2.45, 2.75) is 31.7 Å². The molecule has 1 unspecified atom stereocenters. The Bertz CT molecular complexity index is 649. The van der Waals surface area contributed by atoms with E-state index in [1.807, 2.05) is 36.2 Å². The van der Waals surface area contributed by atoms with E-state index in [0.717, 1.165) is 36.7 Å². The molecule has 1 aliphatic heterocycles. The molecule has 1 atom stereocenters. The van der Waals surface area contributed by atoms with Gasteiger partial charge in [0.25, 0.3) is 5.91 Å². The minimum Gasteiger partial charge on any atom is -0.333 e. The molecule has 1 saturated heterocycles. The van der Waals surface area contributed by atoms with Gasteiger partial charge in [0.05, 0.1) is 5.52 Å². The highest BCUT2D eigenvalue weighted by Crippen LogP contribution is 2.23. The fourth-order valence-electron chi connectivity index (χ4n) is 3.20. The fourth-order valence-corrected chi connectivity index (χ4v) is 3.20.